The number of likely N-dealkylation sites (tertiary alicyclic amines) is 1. The van der Waals surface area contributed by atoms with E-state index in [1.54, 1.807) is 0 Å². The van der Waals surface area contributed by atoms with Gasteiger partial charge in [-0.25, -0.2) is 17.5 Å². The molecule has 1 aromatic rings. The van der Waals surface area contributed by atoms with Gasteiger partial charge in [0.25, 0.3) is 0 Å². The van der Waals surface area contributed by atoms with Crippen LogP contribution in [0.4, 0.5) is 4.39 Å². The van der Waals surface area contributed by atoms with E-state index in [2.05, 4.69) is 9.62 Å². The molecule has 2 N–H and O–H groups in total. The molecule has 1 atom stereocenters. The van der Waals surface area contributed by atoms with E-state index in [-0.39, 0.29) is 29.0 Å². The lowest BCUT2D eigenvalue weighted by atomic mass is 9.99. The van der Waals surface area contributed by atoms with Gasteiger partial charge in [-0.2, -0.15) is 0 Å². The smallest absolute Gasteiger partial charge is 0.240 e. The van der Waals surface area contributed by atoms with Gasteiger partial charge in [-0.3, -0.25) is 0 Å². The first-order chi connectivity index (χ1) is 10.4. The van der Waals surface area contributed by atoms with E-state index in [0.717, 1.165) is 38.1 Å². The molecular formula is C14H20ClFN2O3S. The van der Waals surface area contributed by atoms with Gasteiger partial charge in [0.2, 0.25) is 10.0 Å². The monoisotopic (exact) mass is 350 g/mol. The highest BCUT2D eigenvalue weighted by Gasteiger charge is 2.20. The molecule has 1 aliphatic rings. The fraction of sp³-hybridized carbons (Fsp3) is 0.571. The Labute approximate surface area is 135 Å². The molecule has 0 bridgehead atoms. The van der Waals surface area contributed by atoms with Gasteiger partial charge in [-0.05, 0) is 43.5 Å². The summed E-state index contributed by atoms with van der Waals surface area (Å²) in [6.45, 7) is 2.68. The first kappa shape index (κ1) is 17.6. The van der Waals surface area contributed by atoms with Crippen LogP contribution in [0.3, 0.4) is 0 Å². The van der Waals surface area contributed by atoms with Crippen molar-refractivity contribution in [1.29, 1.82) is 0 Å². The number of hydrogen-bond acceptors (Lipinski definition) is 4. The van der Waals surface area contributed by atoms with E-state index in [9.17, 15) is 17.9 Å². The molecule has 1 aromatic carbocycles. The van der Waals surface area contributed by atoms with Crippen LogP contribution < -0.4 is 4.72 Å². The predicted octanol–water partition coefficient (Wildman–Crippen LogP) is 1.46. The van der Waals surface area contributed by atoms with Crippen LogP contribution in [-0.4, -0.2) is 51.2 Å². The number of sulfonamides is 1. The van der Waals surface area contributed by atoms with Gasteiger partial charge in [-0.1, -0.05) is 11.6 Å². The summed E-state index contributed by atoms with van der Waals surface area (Å²) in [7, 11) is -3.70. The van der Waals surface area contributed by atoms with E-state index >= 15 is 0 Å². The third-order valence-electron chi connectivity index (χ3n) is 3.78. The Morgan fingerprint density at radius 2 is 2.23 bits per heavy atom. The van der Waals surface area contributed by atoms with Crippen molar-refractivity contribution in [3.05, 3.63) is 29.0 Å². The van der Waals surface area contributed by atoms with Crippen LogP contribution in [0, 0.1) is 11.7 Å². The van der Waals surface area contributed by atoms with Crippen molar-refractivity contribution in [2.24, 2.45) is 5.92 Å². The van der Waals surface area contributed by atoms with Crippen molar-refractivity contribution in [2.75, 3.05) is 32.8 Å². The third-order valence-corrected chi connectivity index (χ3v) is 5.53. The number of rotatable bonds is 6. The summed E-state index contributed by atoms with van der Waals surface area (Å²) in [5.41, 5.74) is 0. The highest BCUT2D eigenvalue weighted by Crippen LogP contribution is 2.19. The van der Waals surface area contributed by atoms with E-state index in [4.69, 9.17) is 11.6 Å². The van der Waals surface area contributed by atoms with Gasteiger partial charge >= 0.3 is 0 Å². The SMILES string of the molecule is O=S(=O)(NCCN1CCC[C@H](CO)C1)c1ccc(F)c(Cl)c1. The first-order valence-corrected chi connectivity index (χ1v) is 9.06. The summed E-state index contributed by atoms with van der Waals surface area (Å²) >= 11 is 5.61. The maximum atomic E-state index is 13.1. The molecule has 1 saturated heterocycles. The van der Waals surface area contributed by atoms with Crippen LogP contribution in [0.5, 0.6) is 0 Å². The molecule has 2 rings (SSSR count). The van der Waals surface area contributed by atoms with Crippen molar-refractivity contribution in [3.63, 3.8) is 0 Å². The molecule has 1 heterocycles. The van der Waals surface area contributed by atoms with Gasteiger partial charge in [0, 0.05) is 26.2 Å². The topological polar surface area (TPSA) is 69.6 Å². The molecule has 1 aliphatic heterocycles. The van der Waals surface area contributed by atoms with Gasteiger partial charge < -0.3 is 10.0 Å². The van der Waals surface area contributed by atoms with Crippen molar-refractivity contribution in [1.82, 2.24) is 9.62 Å². The molecule has 0 amide bonds. The van der Waals surface area contributed by atoms with Crippen molar-refractivity contribution in [3.8, 4) is 0 Å². The van der Waals surface area contributed by atoms with Crippen molar-refractivity contribution >= 4 is 21.6 Å². The second-order valence-corrected chi connectivity index (χ2v) is 7.64. The van der Waals surface area contributed by atoms with E-state index in [1.165, 1.54) is 6.07 Å². The summed E-state index contributed by atoms with van der Waals surface area (Å²) in [5.74, 6) is -0.384. The minimum Gasteiger partial charge on any atom is -0.396 e. The number of hydrogen-bond donors (Lipinski definition) is 2. The summed E-state index contributed by atoms with van der Waals surface area (Å²) in [4.78, 5) is 2.08. The Bertz CT molecular complexity index is 612. The fourth-order valence-electron chi connectivity index (χ4n) is 2.57. The Morgan fingerprint density at radius 1 is 1.45 bits per heavy atom. The molecule has 0 unspecified atom stereocenters. The fourth-order valence-corrected chi connectivity index (χ4v) is 3.86. The van der Waals surface area contributed by atoms with Gasteiger partial charge in [0.15, 0.2) is 0 Å². The summed E-state index contributed by atoms with van der Waals surface area (Å²) < 4.78 is 39.8. The Balaban J connectivity index is 1.88. The quantitative estimate of drug-likeness (QED) is 0.815. The number of aliphatic hydroxyl groups excluding tert-OH is 1. The average molecular weight is 351 g/mol. The number of nitrogens with zero attached hydrogens (tertiary/aromatic N) is 1. The van der Waals surface area contributed by atoms with E-state index < -0.39 is 15.8 Å². The van der Waals surface area contributed by atoms with Crippen LogP contribution in [-0.2, 0) is 10.0 Å². The van der Waals surface area contributed by atoms with Crippen LogP contribution in [0.1, 0.15) is 12.8 Å². The minimum absolute atomic E-state index is 0.0502. The van der Waals surface area contributed by atoms with Crippen LogP contribution in [0.15, 0.2) is 23.1 Å². The molecule has 1 fully saturated rings. The number of aliphatic hydroxyl groups is 1. The van der Waals surface area contributed by atoms with Gasteiger partial charge in [-0.15, -0.1) is 0 Å². The third kappa shape index (κ3) is 4.63. The summed E-state index contributed by atoms with van der Waals surface area (Å²) in [6.07, 6.45) is 2.01. The molecule has 0 spiro atoms. The number of nitrogens with one attached hydrogen (secondary N) is 1. The molecular weight excluding hydrogens is 331 g/mol. The maximum absolute atomic E-state index is 13.1. The number of halogens is 2. The predicted molar refractivity (Wildman–Crippen MR) is 82.8 cm³/mol. The Morgan fingerprint density at radius 3 is 2.91 bits per heavy atom. The molecule has 124 valence electrons. The Kier molecular flexibility index (Phi) is 6.17. The largest absolute Gasteiger partial charge is 0.396 e. The first-order valence-electron chi connectivity index (χ1n) is 7.20. The molecule has 8 heteroatoms. The lowest BCUT2D eigenvalue weighted by molar-refractivity contribution is 0.122. The van der Waals surface area contributed by atoms with E-state index in [1.807, 2.05) is 0 Å². The van der Waals surface area contributed by atoms with Crippen LogP contribution >= 0.6 is 11.6 Å². The van der Waals surface area contributed by atoms with Crippen molar-refractivity contribution in [2.45, 2.75) is 17.7 Å². The highest BCUT2D eigenvalue weighted by atomic mass is 35.5. The molecule has 0 radical (unpaired) electrons. The zero-order valence-corrected chi connectivity index (χ0v) is 13.7. The summed E-state index contributed by atoms with van der Waals surface area (Å²) in [6, 6.07) is 3.32. The zero-order valence-electron chi connectivity index (χ0n) is 12.1. The second-order valence-electron chi connectivity index (χ2n) is 5.47. The standard InChI is InChI=1S/C14H20ClFN2O3S/c15-13-8-12(3-4-14(13)16)22(20,21)17-5-7-18-6-1-2-11(9-18)10-19/h3-4,8,11,17,19H,1-2,5-7,9-10H2/t11-/m0/s1. The Hall–Kier alpha value is -0.730. The van der Waals surface area contributed by atoms with Crippen LogP contribution in [0.2, 0.25) is 5.02 Å². The highest BCUT2D eigenvalue weighted by molar-refractivity contribution is 7.89. The minimum atomic E-state index is -3.70. The van der Waals surface area contributed by atoms with Gasteiger partial charge in [0.05, 0.1) is 9.92 Å². The number of piperidine rings is 1. The molecule has 0 aliphatic carbocycles. The second kappa shape index (κ2) is 7.70. The maximum Gasteiger partial charge on any atom is 0.240 e. The lowest BCUT2D eigenvalue weighted by Gasteiger charge is -2.31. The lowest BCUT2D eigenvalue weighted by Crippen LogP contribution is -2.41. The van der Waals surface area contributed by atoms with E-state index in [0.29, 0.717) is 6.54 Å². The normalized spacial score (nSPS) is 20.2. The molecule has 0 saturated carbocycles. The summed E-state index contributed by atoms with van der Waals surface area (Å²) in [5, 5.41) is 8.96. The molecule has 5 nitrogen and oxygen atoms in total. The van der Waals surface area contributed by atoms with Crippen LogP contribution in [0.25, 0.3) is 0 Å². The average Bonchev–Trinajstić information content (AvgIpc) is 2.50. The number of benzene rings is 1. The van der Waals surface area contributed by atoms with Gasteiger partial charge in [0.1, 0.15) is 5.82 Å². The van der Waals surface area contributed by atoms with Crippen molar-refractivity contribution < 1.29 is 17.9 Å². The zero-order chi connectivity index (χ0) is 16.2. The molecule has 0 aromatic heterocycles. The molecule has 22 heavy (non-hydrogen) atoms.